The molecule has 1 aliphatic rings. The first-order valence-corrected chi connectivity index (χ1v) is 8.22. The van der Waals surface area contributed by atoms with Crippen LogP contribution in [0.25, 0.3) is 0 Å². The van der Waals surface area contributed by atoms with E-state index in [0.717, 1.165) is 19.1 Å². The monoisotopic (exact) mass is 274 g/mol. The number of nitrogens with zero attached hydrogens (tertiary/aromatic N) is 1. The molecule has 2 unspecified atom stereocenters. The lowest BCUT2D eigenvalue weighted by Crippen LogP contribution is -2.39. The highest BCUT2D eigenvalue weighted by Gasteiger charge is 2.23. The molecule has 1 aromatic rings. The average Bonchev–Trinajstić information content (AvgIpc) is 2.91. The predicted molar refractivity (Wildman–Crippen MR) is 87.2 cm³/mol. The number of likely N-dealkylation sites (tertiary alicyclic amines) is 1. The third-order valence-electron chi connectivity index (χ3n) is 4.68. The summed E-state index contributed by atoms with van der Waals surface area (Å²) in [6.45, 7) is 11.6. The molecule has 1 fully saturated rings. The second kappa shape index (κ2) is 7.80. The Balaban J connectivity index is 1.84. The molecule has 2 nitrogen and oxygen atoms in total. The van der Waals surface area contributed by atoms with E-state index in [0.29, 0.717) is 11.8 Å². The topological polar surface area (TPSA) is 15.3 Å². The van der Waals surface area contributed by atoms with Gasteiger partial charge in [-0.15, -0.1) is 0 Å². The van der Waals surface area contributed by atoms with E-state index in [4.69, 9.17) is 0 Å². The van der Waals surface area contributed by atoms with E-state index in [2.05, 4.69) is 61.3 Å². The van der Waals surface area contributed by atoms with Crippen LogP contribution in [-0.4, -0.2) is 37.1 Å². The number of nitrogens with one attached hydrogen (secondary N) is 1. The smallest absolute Gasteiger partial charge is 0.0221 e. The number of hydrogen-bond acceptors (Lipinski definition) is 2. The van der Waals surface area contributed by atoms with Crippen LogP contribution in [0.5, 0.6) is 0 Å². The predicted octanol–water partition coefficient (Wildman–Crippen LogP) is 3.50. The maximum Gasteiger partial charge on any atom is 0.0221 e. The van der Waals surface area contributed by atoms with Gasteiger partial charge in [0.05, 0.1) is 0 Å². The van der Waals surface area contributed by atoms with Crippen LogP contribution in [0.1, 0.15) is 45.1 Å². The van der Waals surface area contributed by atoms with E-state index >= 15 is 0 Å². The lowest BCUT2D eigenvalue weighted by molar-refractivity contribution is 0.257. The molecule has 0 aliphatic carbocycles. The first-order valence-electron chi connectivity index (χ1n) is 8.22. The SMILES string of the molecule is CCN1CCCC1CNCC(c1ccccc1)C(C)C. The molecule has 2 atom stereocenters. The van der Waals surface area contributed by atoms with Crippen molar-refractivity contribution in [3.05, 3.63) is 35.9 Å². The summed E-state index contributed by atoms with van der Waals surface area (Å²) in [5.74, 6) is 1.29. The van der Waals surface area contributed by atoms with Crippen molar-refractivity contribution in [3.8, 4) is 0 Å². The molecule has 0 saturated carbocycles. The van der Waals surface area contributed by atoms with E-state index in [9.17, 15) is 0 Å². The van der Waals surface area contributed by atoms with Gasteiger partial charge in [0.2, 0.25) is 0 Å². The molecular weight excluding hydrogens is 244 g/mol. The highest BCUT2D eigenvalue weighted by atomic mass is 15.2. The third-order valence-corrected chi connectivity index (χ3v) is 4.68. The lowest BCUT2D eigenvalue weighted by atomic mass is 9.88. The van der Waals surface area contributed by atoms with E-state index < -0.39 is 0 Å². The van der Waals surface area contributed by atoms with Crippen LogP contribution >= 0.6 is 0 Å². The van der Waals surface area contributed by atoms with Crippen molar-refractivity contribution in [1.82, 2.24) is 10.2 Å². The maximum atomic E-state index is 3.73. The van der Waals surface area contributed by atoms with Gasteiger partial charge in [-0.05, 0) is 43.3 Å². The minimum Gasteiger partial charge on any atom is -0.315 e. The van der Waals surface area contributed by atoms with Crippen molar-refractivity contribution in [3.63, 3.8) is 0 Å². The van der Waals surface area contributed by atoms with Crippen LogP contribution in [0.4, 0.5) is 0 Å². The fourth-order valence-electron chi connectivity index (χ4n) is 3.39. The van der Waals surface area contributed by atoms with Gasteiger partial charge in [-0.1, -0.05) is 51.1 Å². The molecule has 1 heterocycles. The van der Waals surface area contributed by atoms with Crippen molar-refractivity contribution in [2.45, 2.75) is 45.6 Å². The Hall–Kier alpha value is -0.860. The van der Waals surface area contributed by atoms with Crippen LogP contribution in [0, 0.1) is 5.92 Å². The zero-order chi connectivity index (χ0) is 14.4. The molecule has 0 radical (unpaired) electrons. The van der Waals surface area contributed by atoms with Crippen LogP contribution in [0.15, 0.2) is 30.3 Å². The second-order valence-electron chi connectivity index (χ2n) is 6.34. The zero-order valence-electron chi connectivity index (χ0n) is 13.3. The lowest BCUT2D eigenvalue weighted by Gasteiger charge is -2.26. The summed E-state index contributed by atoms with van der Waals surface area (Å²) in [6.07, 6.45) is 2.73. The Morgan fingerprint density at radius 2 is 2.00 bits per heavy atom. The van der Waals surface area contributed by atoms with Gasteiger partial charge in [0.25, 0.3) is 0 Å². The van der Waals surface area contributed by atoms with Gasteiger partial charge in [-0.2, -0.15) is 0 Å². The second-order valence-corrected chi connectivity index (χ2v) is 6.34. The van der Waals surface area contributed by atoms with Crippen LogP contribution in [0.2, 0.25) is 0 Å². The number of benzene rings is 1. The average molecular weight is 274 g/mol. The molecule has 2 heteroatoms. The van der Waals surface area contributed by atoms with Crippen LogP contribution < -0.4 is 5.32 Å². The fourth-order valence-corrected chi connectivity index (χ4v) is 3.39. The molecule has 1 aromatic carbocycles. The normalized spacial score (nSPS) is 21.5. The molecule has 0 amide bonds. The highest BCUT2D eigenvalue weighted by molar-refractivity contribution is 5.20. The third kappa shape index (κ3) is 4.07. The highest BCUT2D eigenvalue weighted by Crippen LogP contribution is 2.23. The number of rotatable bonds is 7. The van der Waals surface area contributed by atoms with Gasteiger partial charge in [0, 0.05) is 19.1 Å². The fraction of sp³-hybridized carbons (Fsp3) is 0.667. The molecule has 0 bridgehead atoms. The molecule has 0 spiro atoms. The van der Waals surface area contributed by atoms with E-state index in [1.165, 1.54) is 31.5 Å². The summed E-state index contributed by atoms with van der Waals surface area (Å²) in [7, 11) is 0. The minimum absolute atomic E-state index is 0.618. The Kier molecular flexibility index (Phi) is 6.06. The Bertz CT molecular complexity index is 374. The van der Waals surface area contributed by atoms with Crippen LogP contribution in [0.3, 0.4) is 0 Å². The van der Waals surface area contributed by atoms with Gasteiger partial charge >= 0.3 is 0 Å². The summed E-state index contributed by atoms with van der Waals surface area (Å²) in [6, 6.07) is 11.7. The van der Waals surface area contributed by atoms with Crippen molar-refractivity contribution >= 4 is 0 Å². The molecule has 2 rings (SSSR count). The summed E-state index contributed by atoms with van der Waals surface area (Å²) in [5, 5.41) is 3.73. The zero-order valence-corrected chi connectivity index (χ0v) is 13.3. The molecule has 112 valence electrons. The van der Waals surface area contributed by atoms with Gasteiger partial charge in [0.15, 0.2) is 0 Å². The summed E-state index contributed by atoms with van der Waals surface area (Å²) < 4.78 is 0. The van der Waals surface area contributed by atoms with Gasteiger partial charge in [0.1, 0.15) is 0 Å². The van der Waals surface area contributed by atoms with Gasteiger partial charge < -0.3 is 5.32 Å². The molecule has 1 saturated heterocycles. The van der Waals surface area contributed by atoms with E-state index in [1.54, 1.807) is 0 Å². The number of likely N-dealkylation sites (N-methyl/N-ethyl adjacent to an activating group) is 1. The Morgan fingerprint density at radius 3 is 2.65 bits per heavy atom. The molecule has 0 aromatic heterocycles. The summed E-state index contributed by atoms with van der Waals surface area (Å²) in [4.78, 5) is 2.61. The van der Waals surface area contributed by atoms with Gasteiger partial charge in [-0.25, -0.2) is 0 Å². The molecule has 1 aliphatic heterocycles. The summed E-state index contributed by atoms with van der Waals surface area (Å²) >= 11 is 0. The maximum absolute atomic E-state index is 3.73. The van der Waals surface area contributed by atoms with E-state index in [1.807, 2.05) is 0 Å². The first kappa shape index (κ1) is 15.5. The minimum atomic E-state index is 0.618. The Labute approximate surface area is 124 Å². The van der Waals surface area contributed by atoms with Crippen molar-refractivity contribution in [2.75, 3.05) is 26.2 Å². The van der Waals surface area contributed by atoms with E-state index in [-0.39, 0.29) is 0 Å². The van der Waals surface area contributed by atoms with Crippen molar-refractivity contribution in [1.29, 1.82) is 0 Å². The Morgan fingerprint density at radius 1 is 1.25 bits per heavy atom. The quantitative estimate of drug-likeness (QED) is 0.818. The van der Waals surface area contributed by atoms with Crippen molar-refractivity contribution < 1.29 is 0 Å². The standard InChI is InChI=1S/C18H30N2/c1-4-20-12-8-11-17(20)13-19-14-18(15(2)3)16-9-6-5-7-10-16/h5-7,9-10,15,17-19H,4,8,11-14H2,1-3H3. The van der Waals surface area contributed by atoms with Crippen LogP contribution in [-0.2, 0) is 0 Å². The molecule has 20 heavy (non-hydrogen) atoms. The molecule has 1 N–H and O–H groups in total. The van der Waals surface area contributed by atoms with Crippen molar-refractivity contribution in [2.24, 2.45) is 5.92 Å². The van der Waals surface area contributed by atoms with Gasteiger partial charge in [-0.3, -0.25) is 4.90 Å². The first-order chi connectivity index (χ1) is 9.72. The molecular formula is C18H30N2. The largest absolute Gasteiger partial charge is 0.315 e. The summed E-state index contributed by atoms with van der Waals surface area (Å²) in [5.41, 5.74) is 1.47. The number of hydrogen-bond donors (Lipinski definition) is 1.